The number of ether oxygens (including phenoxy) is 1. The van der Waals surface area contributed by atoms with Gasteiger partial charge in [0.2, 0.25) is 0 Å². The van der Waals surface area contributed by atoms with Crippen LogP contribution < -0.4 is 9.46 Å². The molecule has 0 atom stereocenters. The van der Waals surface area contributed by atoms with E-state index >= 15 is 0 Å². The van der Waals surface area contributed by atoms with Crippen molar-refractivity contribution in [3.63, 3.8) is 0 Å². The highest BCUT2D eigenvalue weighted by Gasteiger charge is 2.11. The lowest BCUT2D eigenvalue weighted by molar-refractivity contribution is 0.340. The summed E-state index contributed by atoms with van der Waals surface area (Å²) < 4.78 is 31.9. The molecule has 1 rings (SSSR count). The predicted molar refractivity (Wildman–Crippen MR) is 76.9 cm³/mol. The highest BCUT2D eigenvalue weighted by molar-refractivity contribution is 7.87. The van der Waals surface area contributed by atoms with E-state index in [9.17, 15) is 8.42 Å². The molecule has 0 spiro atoms. The molecule has 0 saturated heterocycles. The Morgan fingerprint density at radius 3 is 2.58 bits per heavy atom. The van der Waals surface area contributed by atoms with Crippen LogP contribution in [0.5, 0.6) is 5.75 Å². The molecule has 7 heteroatoms. The van der Waals surface area contributed by atoms with Crippen molar-refractivity contribution in [2.45, 2.75) is 13.3 Å². The van der Waals surface area contributed by atoms with Gasteiger partial charge < -0.3 is 4.74 Å². The van der Waals surface area contributed by atoms with Crippen molar-refractivity contribution in [1.82, 2.24) is 9.03 Å². The minimum Gasteiger partial charge on any atom is -0.492 e. The standard InChI is InChI=1S/C12H19ClN2O3S/c1-4-18-12-6-5-10(9-11(12)13)7-8-14-19(16,17)15(2)3/h5-6,9,14H,4,7-8H2,1-3H3. The summed E-state index contributed by atoms with van der Waals surface area (Å²) in [5.74, 6) is 0.641. The third kappa shape index (κ3) is 4.99. The lowest BCUT2D eigenvalue weighted by Gasteiger charge is -2.12. The fourth-order valence-corrected chi connectivity index (χ4v) is 2.30. The molecular weight excluding hydrogens is 288 g/mol. The minimum atomic E-state index is -3.37. The number of halogens is 1. The van der Waals surface area contributed by atoms with Crippen LogP contribution in [0, 0.1) is 0 Å². The zero-order chi connectivity index (χ0) is 14.5. The average Bonchev–Trinajstić information content (AvgIpc) is 2.32. The van der Waals surface area contributed by atoms with Crippen molar-refractivity contribution in [2.24, 2.45) is 0 Å². The van der Waals surface area contributed by atoms with Crippen LogP contribution in [0.15, 0.2) is 18.2 Å². The Bertz CT molecular complexity index is 518. The Kier molecular flexibility index (Phi) is 6.06. The third-order valence-corrected chi connectivity index (χ3v) is 4.30. The molecule has 0 fully saturated rings. The molecule has 0 radical (unpaired) electrons. The fourth-order valence-electron chi connectivity index (χ4n) is 1.43. The van der Waals surface area contributed by atoms with Gasteiger partial charge >= 0.3 is 0 Å². The second-order valence-electron chi connectivity index (χ2n) is 4.13. The molecule has 0 saturated carbocycles. The number of hydrogen-bond donors (Lipinski definition) is 1. The first kappa shape index (κ1) is 16.2. The molecule has 0 aromatic heterocycles. The average molecular weight is 307 g/mol. The molecule has 1 aromatic carbocycles. The van der Waals surface area contributed by atoms with Gasteiger partial charge in [0.25, 0.3) is 10.2 Å². The Balaban J connectivity index is 2.57. The zero-order valence-electron chi connectivity index (χ0n) is 11.3. The molecule has 1 aromatic rings. The van der Waals surface area contributed by atoms with Gasteiger partial charge in [0.05, 0.1) is 11.6 Å². The highest BCUT2D eigenvalue weighted by Crippen LogP contribution is 2.25. The van der Waals surface area contributed by atoms with E-state index in [1.807, 2.05) is 13.0 Å². The Morgan fingerprint density at radius 2 is 2.05 bits per heavy atom. The van der Waals surface area contributed by atoms with Gasteiger partial charge in [0.1, 0.15) is 5.75 Å². The Hall–Kier alpha value is -0.820. The lowest BCUT2D eigenvalue weighted by Crippen LogP contribution is -2.36. The van der Waals surface area contributed by atoms with Gasteiger partial charge in [-0.3, -0.25) is 0 Å². The topological polar surface area (TPSA) is 58.6 Å². The van der Waals surface area contributed by atoms with Crippen LogP contribution in [0.2, 0.25) is 5.02 Å². The largest absolute Gasteiger partial charge is 0.492 e. The summed E-state index contributed by atoms with van der Waals surface area (Å²) >= 11 is 6.06. The first-order chi connectivity index (χ1) is 8.86. The van der Waals surface area contributed by atoms with E-state index in [1.165, 1.54) is 14.1 Å². The summed E-state index contributed by atoms with van der Waals surface area (Å²) in [4.78, 5) is 0. The van der Waals surface area contributed by atoms with E-state index in [2.05, 4.69) is 4.72 Å². The summed E-state index contributed by atoms with van der Waals surface area (Å²) in [6.45, 7) is 2.77. The van der Waals surface area contributed by atoms with Gasteiger partial charge in [-0.05, 0) is 31.0 Å². The number of nitrogens with zero attached hydrogens (tertiary/aromatic N) is 1. The smallest absolute Gasteiger partial charge is 0.278 e. The first-order valence-corrected chi connectivity index (χ1v) is 7.77. The normalized spacial score (nSPS) is 11.8. The molecule has 0 aliphatic rings. The summed E-state index contributed by atoms with van der Waals surface area (Å²) in [6, 6.07) is 5.46. The third-order valence-electron chi connectivity index (χ3n) is 2.47. The maximum Gasteiger partial charge on any atom is 0.278 e. The van der Waals surface area contributed by atoms with E-state index in [0.717, 1.165) is 9.87 Å². The maximum absolute atomic E-state index is 11.5. The highest BCUT2D eigenvalue weighted by atomic mass is 35.5. The molecule has 19 heavy (non-hydrogen) atoms. The summed E-state index contributed by atoms with van der Waals surface area (Å²) in [7, 11) is -0.405. The number of rotatable bonds is 7. The van der Waals surface area contributed by atoms with E-state index in [1.54, 1.807) is 12.1 Å². The van der Waals surface area contributed by atoms with E-state index < -0.39 is 10.2 Å². The quantitative estimate of drug-likeness (QED) is 0.834. The minimum absolute atomic E-state index is 0.324. The number of hydrogen-bond acceptors (Lipinski definition) is 3. The van der Waals surface area contributed by atoms with Crippen LogP contribution in [0.3, 0.4) is 0 Å². The Morgan fingerprint density at radius 1 is 1.37 bits per heavy atom. The summed E-state index contributed by atoms with van der Waals surface area (Å²) in [6.07, 6.45) is 0.569. The van der Waals surface area contributed by atoms with Gasteiger partial charge in [0, 0.05) is 20.6 Å². The maximum atomic E-state index is 11.5. The molecule has 0 unspecified atom stereocenters. The molecule has 0 aliphatic heterocycles. The van der Waals surface area contributed by atoms with Gasteiger partial charge in [-0.1, -0.05) is 17.7 Å². The van der Waals surface area contributed by atoms with Crippen LogP contribution in [-0.4, -0.2) is 40.0 Å². The van der Waals surface area contributed by atoms with E-state index in [0.29, 0.717) is 30.3 Å². The fraction of sp³-hybridized carbons (Fsp3) is 0.500. The van der Waals surface area contributed by atoms with Crippen LogP contribution in [-0.2, 0) is 16.6 Å². The zero-order valence-corrected chi connectivity index (χ0v) is 12.9. The molecule has 0 bridgehead atoms. The molecular formula is C12H19ClN2O3S. The predicted octanol–water partition coefficient (Wildman–Crippen LogP) is 1.68. The monoisotopic (exact) mass is 306 g/mol. The van der Waals surface area contributed by atoms with Crippen molar-refractivity contribution < 1.29 is 13.2 Å². The molecule has 5 nitrogen and oxygen atoms in total. The lowest BCUT2D eigenvalue weighted by atomic mass is 10.1. The van der Waals surface area contributed by atoms with E-state index in [4.69, 9.17) is 16.3 Å². The second-order valence-corrected chi connectivity index (χ2v) is 6.51. The first-order valence-electron chi connectivity index (χ1n) is 5.95. The van der Waals surface area contributed by atoms with Gasteiger partial charge in [-0.25, -0.2) is 4.72 Å². The number of benzene rings is 1. The SMILES string of the molecule is CCOc1ccc(CCNS(=O)(=O)N(C)C)cc1Cl. The Labute approximate surface area is 119 Å². The number of nitrogens with one attached hydrogen (secondary N) is 1. The second kappa shape index (κ2) is 7.09. The summed E-state index contributed by atoms with van der Waals surface area (Å²) in [5.41, 5.74) is 0.954. The van der Waals surface area contributed by atoms with Crippen LogP contribution >= 0.6 is 11.6 Å². The van der Waals surface area contributed by atoms with Crippen molar-refractivity contribution in [1.29, 1.82) is 0 Å². The van der Waals surface area contributed by atoms with Crippen LogP contribution in [0.25, 0.3) is 0 Å². The van der Waals surface area contributed by atoms with Crippen molar-refractivity contribution in [3.05, 3.63) is 28.8 Å². The molecule has 0 amide bonds. The van der Waals surface area contributed by atoms with Gasteiger partial charge in [0.15, 0.2) is 0 Å². The molecule has 108 valence electrons. The van der Waals surface area contributed by atoms with Crippen LogP contribution in [0.1, 0.15) is 12.5 Å². The molecule has 1 N–H and O–H groups in total. The molecule has 0 heterocycles. The summed E-state index contributed by atoms with van der Waals surface area (Å²) in [5, 5.41) is 0.537. The molecule has 0 aliphatic carbocycles. The van der Waals surface area contributed by atoms with Gasteiger partial charge in [-0.2, -0.15) is 12.7 Å². The van der Waals surface area contributed by atoms with Crippen LogP contribution in [0.4, 0.5) is 0 Å². The van der Waals surface area contributed by atoms with Gasteiger partial charge in [-0.15, -0.1) is 0 Å². The van der Waals surface area contributed by atoms with E-state index in [-0.39, 0.29) is 0 Å². The van der Waals surface area contributed by atoms with Crippen molar-refractivity contribution in [2.75, 3.05) is 27.2 Å². The van der Waals surface area contributed by atoms with Crippen molar-refractivity contribution in [3.8, 4) is 5.75 Å². The van der Waals surface area contributed by atoms with Crippen molar-refractivity contribution >= 4 is 21.8 Å².